The normalized spacial score (nSPS) is 26.1. The summed E-state index contributed by atoms with van der Waals surface area (Å²) in [6.45, 7) is 6.77. The van der Waals surface area contributed by atoms with Crippen LogP contribution in [0.2, 0.25) is 0 Å². The number of carbonyl (C=O) groups excluding carboxylic acids is 2. The summed E-state index contributed by atoms with van der Waals surface area (Å²) in [6.07, 6.45) is 4.61. The number of likely N-dealkylation sites (tertiary alicyclic amines) is 1. The van der Waals surface area contributed by atoms with Gasteiger partial charge >= 0.3 is 5.97 Å². The van der Waals surface area contributed by atoms with Crippen LogP contribution in [0.15, 0.2) is 24.5 Å². The molecule has 0 unspecified atom stereocenters. The summed E-state index contributed by atoms with van der Waals surface area (Å²) in [5.41, 5.74) is 0.144. The molecule has 3 atom stereocenters. The predicted molar refractivity (Wildman–Crippen MR) is 100 cm³/mol. The van der Waals surface area contributed by atoms with Gasteiger partial charge in [-0.2, -0.15) is 0 Å². The highest BCUT2D eigenvalue weighted by Crippen LogP contribution is 2.49. The predicted octanol–water partition coefficient (Wildman–Crippen LogP) is 2.51. The lowest BCUT2D eigenvalue weighted by Gasteiger charge is -2.37. The molecule has 1 amide bonds. The van der Waals surface area contributed by atoms with Crippen LogP contribution in [0.1, 0.15) is 45.2 Å². The largest absolute Gasteiger partial charge is 0.468 e. The Kier molecular flexibility index (Phi) is 6.39. The fourth-order valence-corrected chi connectivity index (χ4v) is 4.23. The second-order valence-electron chi connectivity index (χ2n) is 7.63. The first-order valence-corrected chi connectivity index (χ1v) is 9.24. The van der Waals surface area contributed by atoms with E-state index in [4.69, 9.17) is 4.74 Å². The number of pyridine rings is 1. The second kappa shape index (κ2) is 8.16. The molecule has 2 rings (SSSR count). The summed E-state index contributed by atoms with van der Waals surface area (Å²) in [5, 5.41) is 0. The molecule has 2 heterocycles. The van der Waals surface area contributed by atoms with Crippen LogP contribution in [-0.4, -0.2) is 59.9 Å². The third-order valence-corrected chi connectivity index (χ3v) is 5.54. The lowest BCUT2D eigenvalue weighted by molar-refractivity contribution is -0.154. The third-order valence-electron chi connectivity index (χ3n) is 5.54. The van der Waals surface area contributed by atoms with Gasteiger partial charge in [0.25, 0.3) is 0 Å². The number of likely N-dealkylation sites (N-methyl/N-ethyl adjacent to an activating group) is 1. The van der Waals surface area contributed by atoms with E-state index in [2.05, 4.69) is 18.8 Å². The molecule has 1 aromatic rings. The van der Waals surface area contributed by atoms with Crippen molar-refractivity contribution in [2.24, 2.45) is 11.8 Å². The number of nitrogens with zero attached hydrogens (tertiary/aromatic N) is 3. The van der Waals surface area contributed by atoms with Crippen LogP contribution in [0.25, 0.3) is 0 Å². The molecule has 0 bridgehead atoms. The molecule has 1 aromatic heterocycles. The molecular formula is C20H31N3O3. The molecular weight excluding hydrogens is 330 g/mol. The molecule has 144 valence electrons. The van der Waals surface area contributed by atoms with Gasteiger partial charge in [-0.15, -0.1) is 0 Å². The molecule has 0 aromatic carbocycles. The van der Waals surface area contributed by atoms with Crippen molar-refractivity contribution in [1.82, 2.24) is 14.8 Å². The number of hydrogen-bond acceptors (Lipinski definition) is 5. The SMILES string of the molecule is CCN(C)C(=O)[C@H]1C[C@@](CC(C)C)(C(=O)OC)N(C)[C@H]1c1cccnc1. The minimum atomic E-state index is -0.807. The van der Waals surface area contributed by atoms with Gasteiger partial charge in [-0.25, -0.2) is 0 Å². The van der Waals surface area contributed by atoms with Crippen molar-refractivity contribution in [3.63, 3.8) is 0 Å². The first kappa shape index (κ1) is 20.4. The van der Waals surface area contributed by atoms with Crippen molar-refractivity contribution in [3.05, 3.63) is 30.1 Å². The minimum absolute atomic E-state index is 0.0581. The van der Waals surface area contributed by atoms with Crippen LogP contribution in [0.3, 0.4) is 0 Å². The Morgan fingerprint density at radius 3 is 2.65 bits per heavy atom. The van der Waals surface area contributed by atoms with Crippen LogP contribution >= 0.6 is 0 Å². The van der Waals surface area contributed by atoms with Crippen molar-refractivity contribution < 1.29 is 14.3 Å². The average molecular weight is 361 g/mol. The Morgan fingerprint density at radius 2 is 2.15 bits per heavy atom. The quantitative estimate of drug-likeness (QED) is 0.729. The second-order valence-corrected chi connectivity index (χ2v) is 7.63. The van der Waals surface area contributed by atoms with Gasteiger partial charge in [0.2, 0.25) is 5.91 Å². The number of ether oxygens (including phenoxy) is 1. The zero-order valence-corrected chi connectivity index (χ0v) is 16.7. The molecule has 0 N–H and O–H groups in total. The number of carbonyl (C=O) groups is 2. The molecule has 6 heteroatoms. The number of amides is 1. The first-order chi connectivity index (χ1) is 12.3. The van der Waals surface area contributed by atoms with E-state index in [-0.39, 0.29) is 23.8 Å². The summed E-state index contributed by atoms with van der Waals surface area (Å²) in [4.78, 5) is 34.0. The maximum atomic E-state index is 13.1. The van der Waals surface area contributed by atoms with Gasteiger partial charge in [-0.3, -0.25) is 19.5 Å². The number of aromatic nitrogens is 1. The van der Waals surface area contributed by atoms with Gasteiger partial charge in [-0.05, 0) is 44.4 Å². The summed E-state index contributed by atoms with van der Waals surface area (Å²) >= 11 is 0. The minimum Gasteiger partial charge on any atom is -0.468 e. The van der Waals surface area contributed by atoms with Crippen LogP contribution in [0.5, 0.6) is 0 Å². The fourth-order valence-electron chi connectivity index (χ4n) is 4.23. The topological polar surface area (TPSA) is 62.7 Å². The van der Waals surface area contributed by atoms with E-state index < -0.39 is 5.54 Å². The Morgan fingerprint density at radius 1 is 1.46 bits per heavy atom. The van der Waals surface area contributed by atoms with Gasteiger partial charge in [0, 0.05) is 32.0 Å². The standard InChI is InChI=1S/C20H31N3O3/c1-7-22(4)18(24)16-12-20(11-14(2)3,19(25)26-6)23(5)17(16)15-9-8-10-21-13-15/h8-10,13-14,16-17H,7,11-12H2,1-6H3/t16-,17-,20-/m0/s1. The van der Waals surface area contributed by atoms with E-state index in [0.29, 0.717) is 25.3 Å². The zero-order valence-electron chi connectivity index (χ0n) is 16.7. The summed E-state index contributed by atoms with van der Waals surface area (Å²) in [5.74, 6) is -0.226. The lowest BCUT2D eigenvalue weighted by Crippen LogP contribution is -2.50. The number of esters is 1. The van der Waals surface area contributed by atoms with E-state index in [0.717, 1.165) is 5.56 Å². The fraction of sp³-hybridized carbons (Fsp3) is 0.650. The van der Waals surface area contributed by atoms with Crippen LogP contribution < -0.4 is 0 Å². The Hall–Kier alpha value is -1.95. The van der Waals surface area contributed by atoms with E-state index >= 15 is 0 Å². The van der Waals surface area contributed by atoms with Gasteiger partial charge < -0.3 is 9.64 Å². The highest BCUT2D eigenvalue weighted by molar-refractivity contribution is 5.86. The van der Waals surface area contributed by atoms with E-state index in [1.807, 2.05) is 38.1 Å². The molecule has 26 heavy (non-hydrogen) atoms. The van der Waals surface area contributed by atoms with E-state index in [9.17, 15) is 9.59 Å². The lowest BCUT2D eigenvalue weighted by atomic mass is 9.83. The Labute approximate surface area is 156 Å². The van der Waals surface area contributed by atoms with E-state index in [1.165, 1.54) is 7.11 Å². The number of methoxy groups -OCH3 is 1. The molecule has 0 aliphatic carbocycles. The zero-order chi connectivity index (χ0) is 19.5. The Bertz CT molecular complexity index is 634. The summed E-state index contributed by atoms with van der Waals surface area (Å²) in [6, 6.07) is 3.64. The molecule has 1 aliphatic rings. The van der Waals surface area contributed by atoms with Crippen molar-refractivity contribution in [2.45, 2.75) is 45.2 Å². The molecule has 1 aliphatic heterocycles. The monoisotopic (exact) mass is 361 g/mol. The third kappa shape index (κ3) is 3.61. The van der Waals surface area contributed by atoms with Crippen molar-refractivity contribution >= 4 is 11.9 Å². The smallest absolute Gasteiger partial charge is 0.326 e. The van der Waals surface area contributed by atoms with Gasteiger partial charge in [-0.1, -0.05) is 19.9 Å². The van der Waals surface area contributed by atoms with Crippen LogP contribution in [0.4, 0.5) is 0 Å². The molecule has 0 spiro atoms. The highest BCUT2D eigenvalue weighted by atomic mass is 16.5. The van der Waals surface area contributed by atoms with Crippen molar-refractivity contribution in [1.29, 1.82) is 0 Å². The van der Waals surface area contributed by atoms with E-state index in [1.54, 1.807) is 17.3 Å². The average Bonchev–Trinajstić information content (AvgIpc) is 2.93. The number of hydrogen-bond donors (Lipinski definition) is 0. The number of rotatable bonds is 6. The molecule has 1 saturated heterocycles. The summed E-state index contributed by atoms with van der Waals surface area (Å²) in [7, 11) is 5.16. The van der Waals surface area contributed by atoms with Crippen LogP contribution in [0, 0.1) is 11.8 Å². The maximum absolute atomic E-state index is 13.1. The first-order valence-electron chi connectivity index (χ1n) is 9.24. The van der Waals surface area contributed by atoms with Gasteiger partial charge in [0.15, 0.2) is 0 Å². The van der Waals surface area contributed by atoms with Crippen molar-refractivity contribution in [2.75, 3.05) is 27.7 Å². The molecule has 0 radical (unpaired) electrons. The van der Waals surface area contributed by atoms with Gasteiger partial charge in [0.05, 0.1) is 13.0 Å². The molecule has 0 saturated carbocycles. The highest BCUT2D eigenvalue weighted by Gasteiger charge is 2.57. The maximum Gasteiger partial charge on any atom is 0.326 e. The molecule has 6 nitrogen and oxygen atoms in total. The van der Waals surface area contributed by atoms with Crippen LogP contribution in [-0.2, 0) is 14.3 Å². The summed E-state index contributed by atoms with van der Waals surface area (Å²) < 4.78 is 5.19. The van der Waals surface area contributed by atoms with Gasteiger partial charge in [0.1, 0.15) is 5.54 Å². The Balaban J connectivity index is 2.54. The molecule has 1 fully saturated rings. The van der Waals surface area contributed by atoms with Crippen molar-refractivity contribution in [3.8, 4) is 0 Å².